The zero-order chi connectivity index (χ0) is 9.84. The highest BCUT2D eigenvalue weighted by molar-refractivity contribution is 5.76. The second-order valence-corrected chi connectivity index (χ2v) is 3.59. The quantitative estimate of drug-likeness (QED) is 0.615. The van der Waals surface area contributed by atoms with Gasteiger partial charge in [0.2, 0.25) is 0 Å². The first-order chi connectivity index (χ1) is 6.16. The van der Waals surface area contributed by atoms with E-state index < -0.39 is 6.04 Å². The van der Waals surface area contributed by atoms with Crippen molar-refractivity contribution in [3.8, 4) is 0 Å². The molecule has 1 saturated heterocycles. The number of piperidine rings is 1. The van der Waals surface area contributed by atoms with Crippen LogP contribution in [0.4, 0.5) is 0 Å². The first-order valence-electron chi connectivity index (χ1n) is 4.70. The van der Waals surface area contributed by atoms with Gasteiger partial charge in [-0.1, -0.05) is 6.42 Å². The van der Waals surface area contributed by atoms with Gasteiger partial charge in [0.15, 0.2) is 0 Å². The second-order valence-electron chi connectivity index (χ2n) is 3.59. The first kappa shape index (κ1) is 10.5. The maximum Gasteiger partial charge on any atom is 0.324 e. The third-order valence-corrected chi connectivity index (χ3v) is 2.71. The number of nitrogens with zero attached hydrogens (tertiary/aromatic N) is 1. The molecule has 4 nitrogen and oxygen atoms in total. The molecule has 0 bridgehead atoms. The Bertz CT molecular complexity index is 184. The molecule has 13 heavy (non-hydrogen) atoms. The number of carbonyl (C=O) groups excluding carboxylic acids is 1. The molecule has 0 spiro atoms. The maximum atomic E-state index is 11.2. The minimum absolute atomic E-state index is 0.154. The van der Waals surface area contributed by atoms with Gasteiger partial charge in [-0.2, -0.15) is 0 Å². The van der Waals surface area contributed by atoms with Gasteiger partial charge in [-0.15, -0.1) is 0 Å². The molecule has 4 heteroatoms. The number of ether oxygens (including phenoxy) is 1. The summed E-state index contributed by atoms with van der Waals surface area (Å²) < 4.78 is 4.62. The van der Waals surface area contributed by atoms with Crippen molar-refractivity contribution in [3.05, 3.63) is 0 Å². The number of likely N-dealkylation sites (N-methyl/N-ethyl adjacent to an activating group) is 1. The van der Waals surface area contributed by atoms with Gasteiger partial charge in [0.05, 0.1) is 7.11 Å². The van der Waals surface area contributed by atoms with E-state index in [1.54, 1.807) is 0 Å². The van der Waals surface area contributed by atoms with E-state index in [0.29, 0.717) is 0 Å². The van der Waals surface area contributed by atoms with Gasteiger partial charge in [-0.3, -0.25) is 4.79 Å². The lowest BCUT2D eigenvalue weighted by Crippen LogP contribution is -2.52. The van der Waals surface area contributed by atoms with Crippen LogP contribution in [0.1, 0.15) is 19.3 Å². The number of nitrogens with two attached hydrogens (primary N) is 1. The Labute approximate surface area is 79.0 Å². The zero-order valence-corrected chi connectivity index (χ0v) is 8.32. The van der Waals surface area contributed by atoms with Gasteiger partial charge < -0.3 is 15.4 Å². The van der Waals surface area contributed by atoms with Crippen LogP contribution >= 0.6 is 0 Å². The molecule has 2 unspecified atom stereocenters. The van der Waals surface area contributed by atoms with E-state index in [4.69, 9.17) is 5.73 Å². The number of hydrogen-bond donors (Lipinski definition) is 1. The van der Waals surface area contributed by atoms with Crippen LogP contribution in [0.5, 0.6) is 0 Å². The van der Waals surface area contributed by atoms with Gasteiger partial charge in [-0.05, 0) is 26.4 Å². The monoisotopic (exact) mass is 186 g/mol. The summed E-state index contributed by atoms with van der Waals surface area (Å²) in [6, 6.07) is -0.337. The smallest absolute Gasteiger partial charge is 0.324 e. The van der Waals surface area contributed by atoms with Crippen LogP contribution in [0.2, 0.25) is 0 Å². The summed E-state index contributed by atoms with van der Waals surface area (Å²) in [5.74, 6) is -0.307. The molecule has 0 aromatic rings. The lowest BCUT2D eigenvalue weighted by Gasteiger charge is -2.34. The molecule has 1 fully saturated rings. The van der Waals surface area contributed by atoms with Crippen molar-refractivity contribution in [3.63, 3.8) is 0 Å². The van der Waals surface area contributed by atoms with Crippen LogP contribution in [0.15, 0.2) is 0 Å². The lowest BCUT2D eigenvalue weighted by molar-refractivity contribution is -0.144. The molecule has 0 radical (unpaired) electrons. The minimum atomic E-state index is -0.490. The predicted octanol–water partition coefficient (Wildman–Crippen LogP) is -0.0290. The fourth-order valence-corrected chi connectivity index (χ4v) is 1.85. The Morgan fingerprint density at radius 3 is 2.85 bits per heavy atom. The normalized spacial score (nSPS) is 26.8. The Morgan fingerprint density at radius 1 is 1.62 bits per heavy atom. The summed E-state index contributed by atoms with van der Waals surface area (Å²) >= 11 is 0. The first-order valence-corrected chi connectivity index (χ1v) is 4.70. The van der Waals surface area contributed by atoms with Crippen LogP contribution in [0.3, 0.4) is 0 Å². The summed E-state index contributed by atoms with van der Waals surface area (Å²) in [4.78, 5) is 13.3. The van der Waals surface area contributed by atoms with Crippen LogP contribution in [0, 0.1) is 0 Å². The highest BCUT2D eigenvalue weighted by Crippen LogP contribution is 2.17. The molecule has 0 amide bonds. The van der Waals surface area contributed by atoms with Gasteiger partial charge in [0.25, 0.3) is 0 Å². The fraction of sp³-hybridized carbons (Fsp3) is 0.889. The molecule has 0 aliphatic carbocycles. The van der Waals surface area contributed by atoms with E-state index in [-0.39, 0.29) is 12.0 Å². The van der Waals surface area contributed by atoms with Crippen molar-refractivity contribution in [2.75, 3.05) is 20.7 Å². The average Bonchev–Trinajstić information content (AvgIpc) is 2.16. The van der Waals surface area contributed by atoms with Crippen molar-refractivity contribution in [2.24, 2.45) is 5.73 Å². The zero-order valence-electron chi connectivity index (χ0n) is 8.32. The molecule has 1 heterocycles. The molecule has 2 N–H and O–H groups in total. The predicted molar refractivity (Wildman–Crippen MR) is 50.3 cm³/mol. The molecule has 1 aliphatic heterocycles. The molecular weight excluding hydrogens is 168 g/mol. The van der Waals surface area contributed by atoms with Crippen molar-refractivity contribution < 1.29 is 9.53 Å². The number of hydrogen-bond acceptors (Lipinski definition) is 4. The largest absolute Gasteiger partial charge is 0.468 e. The number of methoxy groups -OCH3 is 1. The molecule has 1 aliphatic rings. The topological polar surface area (TPSA) is 55.6 Å². The van der Waals surface area contributed by atoms with Gasteiger partial charge >= 0.3 is 5.97 Å². The van der Waals surface area contributed by atoms with Gasteiger partial charge in [0.1, 0.15) is 6.04 Å². The highest BCUT2D eigenvalue weighted by atomic mass is 16.5. The van der Waals surface area contributed by atoms with E-state index in [2.05, 4.69) is 9.64 Å². The summed E-state index contributed by atoms with van der Waals surface area (Å²) in [6.45, 7) is 1.02. The third-order valence-electron chi connectivity index (χ3n) is 2.71. The summed E-state index contributed by atoms with van der Waals surface area (Å²) in [7, 11) is 3.39. The van der Waals surface area contributed by atoms with Gasteiger partial charge in [0, 0.05) is 6.04 Å². The summed E-state index contributed by atoms with van der Waals surface area (Å²) in [6.07, 6.45) is 3.34. The van der Waals surface area contributed by atoms with E-state index in [9.17, 15) is 4.79 Å². The maximum absolute atomic E-state index is 11.2. The summed E-state index contributed by atoms with van der Waals surface area (Å²) in [5.41, 5.74) is 5.78. The van der Waals surface area contributed by atoms with E-state index >= 15 is 0 Å². The molecule has 0 saturated carbocycles. The third kappa shape index (κ3) is 2.42. The lowest BCUT2D eigenvalue weighted by atomic mass is 9.97. The van der Waals surface area contributed by atoms with Crippen LogP contribution in [-0.2, 0) is 9.53 Å². The minimum Gasteiger partial charge on any atom is -0.468 e. The summed E-state index contributed by atoms with van der Waals surface area (Å²) in [5, 5.41) is 0. The Kier molecular flexibility index (Phi) is 3.69. The van der Waals surface area contributed by atoms with Crippen molar-refractivity contribution in [1.82, 2.24) is 4.90 Å². The van der Waals surface area contributed by atoms with Crippen molar-refractivity contribution in [2.45, 2.75) is 31.3 Å². The van der Waals surface area contributed by atoms with Crippen molar-refractivity contribution >= 4 is 5.97 Å². The van der Waals surface area contributed by atoms with E-state index in [0.717, 1.165) is 19.4 Å². The molecular formula is C9H18N2O2. The molecule has 0 aromatic carbocycles. The highest BCUT2D eigenvalue weighted by Gasteiger charge is 2.30. The average molecular weight is 186 g/mol. The van der Waals surface area contributed by atoms with Crippen LogP contribution in [0.25, 0.3) is 0 Å². The standard InChI is InChI=1S/C9H18N2O2/c1-11-6-4-3-5-7(11)8(10)9(12)13-2/h7-8H,3-6,10H2,1-2H3. The van der Waals surface area contributed by atoms with Crippen LogP contribution in [-0.4, -0.2) is 43.7 Å². The Morgan fingerprint density at radius 2 is 2.31 bits per heavy atom. The second kappa shape index (κ2) is 4.58. The number of rotatable bonds is 2. The number of esters is 1. The fourth-order valence-electron chi connectivity index (χ4n) is 1.85. The molecule has 2 atom stereocenters. The molecule has 1 rings (SSSR count). The molecule has 0 aromatic heterocycles. The SMILES string of the molecule is COC(=O)C(N)C1CCCCN1C. The van der Waals surface area contributed by atoms with Gasteiger partial charge in [-0.25, -0.2) is 0 Å². The van der Waals surface area contributed by atoms with Crippen molar-refractivity contribution in [1.29, 1.82) is 0 Å². The van der Waals surface area contributed by atoms with E-state index in [1.807, 2.05) is 7.05 Å². The molecule has 76 valence electrons. The number of likely N-dealkylation sites (tertiary alicyclic amines) is 1. The number of carbonyl (C=O) groups is 1. The Balaban J connectivity index is 2.53. The van der Waals surface area contributed by atoms with E-state index in [1.165, 1.54) is 13.5 Å². The Hall–Kier alpha value is -0.610. The van der Waals surface area contributed by atoms with Crippen LogP contribution < -0.4 is 5.73 Å².